The first-order chi connectivity index (χ1) is 15.0. The van der Waals surface area contributed by atoms with Crippen molar-refractivity contribution in [3.63, 3.8) is 0 Å². The molecule has 4 rings (SSSR count). The van der Waals surface area contributed by atoms with E-state index in [0.29, 0.717) is 6.42 Å². The highest BCUT2D eigenvalue weighted by atomic mass is 32.2. The van der Waals surface area contributed by atoms with Crippen LogP contribution in [0.2, 0.25) is 0 Å². The monoisotopic (exact) mass is 434 g/mol. The van der Waals surface area contributed by atoms with Gasteiger partial charge in [-0.1, -0.05) is 78.9 Å². The van der Waals surface area contributed by atoms with Crippen LogP contribution in [0.1, 0.15) is 23.6 Å². The van der Waals surface area contributed by atoms with Gasteiger partial charge in [0.1, 0.15) is 0 Å². The number of sulfone groups is 1. The number of nitrogens with one attached hydrogen (secondary N) is 1. The van der Waals surface area contributed by atoms with Crippen LogP contribution in [0.15, 0.2) is 91.0 Å². The molecule has 6 heteroatoms. The standard InChI is InChI=1S/C25H26N2O3S/c28-24(27(22-14-8-3-9-15-22)23-16-17-31(29,30)19-23)18-26-25(20-10-4-1-5-11-20)21-12-6-2-7-13-21/h1-15,23,25-26H,16-19H2/t23-/m1/s1. The predicted molar refractivity (Wildman–Crippen MR) is 124 cm³/mol. The topological polar surface area (TPSA) is 66.5 Å². The van der Waals surface area contributed by atoms with Gasteiger partial charge in [0, 0.05) is 5.69 Å². The third kappa shape index (κ3) is 5.21. The van der Waals surface area contributed by atoms with Gasteiger partial charge in [0.15, 0.2) is 9.84 Å². The molecule has 160 valence electrons. The molecule has 0 aliphatic carbocycles. The highest BCUT2D eigenvalue weighted by Crippen LogP contribution is 2.26. The summed E-state index contributed by atoms with van der Waals surface area (Å²) in [7, 11) is -3.11. The van der Waals surface area contributed by atoms with Gasteiger partial charge in [0.25, 0.3) is 0 Å². The average Bonchev–Trinajstić information content (AvgIpc) is 3.15. The van der Waals surface area contributed by atoms with Crippen molar-refractivity contribution in [2.24, 2.45) is 0 Å². The lowest BCUT2D eigenvalue weighted by atomic mass is 9.99. The highest BCUT2D eigenvalue weighted by Gasteiger charge is 2.35. The Balaban J connectivity index is 1.57. The SMILES string of the molecule is O=C(CNC(c1ccccc1)c1ccccc1)N(c1ccccc1)[C@@H]1CCS(=O)(=O)C1. The fourth-order valence-corrected chi connectivity index (χ4v) is 5.82. The molecular formula is C25H26N2O3S. The Morgan fingerprint density at radius 1 is 0.871 bits per heavy atom. The van der Waals surface area contributed by atoms with Crippen molar-refractivity contribution >= 4 is 21.4 Å². The number of carbonyl (C=O) groups excluding carboxylic acids is 1. The first-order valence-corrected chi connectivity index (χ1v) is 12.3. The summed E-state index contributed by atoms with van der Waals surface area (Å²) in [6.45, 7) is 0.0971. The van der Waals surface area contributed by atoms with E-state index in [1.54, 1.807) is 4.90 Å². The summed E-state index contributed by atoms with van der Waals surface area (Å²) in [6, 6.07) is 28.8. The normalized spacial score (nSPS) is 17.5. The second-order valence-electron chi connectivity index (χ2n) is 7.79. The van der Waals surface area contributed by atoms with Gasteiger partial charge in [-0.25, -0.2) is 8.42 Å². The largest absolute Gasteiger partial charge is 0.307 e. The first kappa shape index (κ1) is 21.3. The van der Waals surface area contributed by atoms with E-state index in [0.717, 1.165) is 16.8 Å². The van der Waals surface area contributed by atoms with E-state index in [-0.39, 0.29) is 36.0 Å². The number of para-hydroxylation sites is 1. The first-order valence-electron chi connectivity index (χ1n) is 10.4. The summed E-state index contributed by atoms with van der Waals surface area (Å²) in [5, 5.41) is 3.41. The summed E-state index contributed by atoms with van der Waals surface area (Å²) in [5.74, 6) is -0.00237. The number of hydrogen-bond donors (Lipinski definition) is 1. The van der Waals surface area contributed by atoms with Crippen LogP contribution in [0, 0.1) is 0 Å². The van der Waals surface area contributed by atoms with Crippen LogP contribution in [-0.4, -0.2) is 38.4 Å². The zero-order valence-electron chi connectivity index (χ0n) is 17.2. The Morgan fingerprint density at radius 3 is 1.87 bits per heavy atom. The molecule has 1 atom stereocenters. The minimum absolute atomic E-state index is 0.00837. The van der Waals surface area contributed by atoms with E-state index in [4.69, 9.17) is 0 Å². The maximum atomic E-state index is 13.4. The molecule has 5 nitrogen and oxygen atoms in total. The molecule has 0 radical (unpaired) electrons. The Morgan fingerprint density at radius 2 is 1.39 bits per heavy atom. The van der Waals surface area contributed by atoms with E-state index in [2.05, 4.69) is 5.32 Å². The fraction of sp³-hybridized carbons (Fsp3) is 0.240. The van der Waals surface area contributed by atoms with Gasteiger partial charge in [-0.05, 0) is 29.7 Å². The number of anilines is 1. The quantitative estimate of drug-likeness (QED) is 0.617. The Hall–Kier alpha value is -2.96. The third-order valence-electron chi connectivity index (χ3n) is 5.60. The minimum Gasteiger partial charge on any atom is -0.307 e. The minimum atomic E-state index is -3.11. The summed E-state index contributed by atoms with van der Waals surface area (Å²) in [5.41, 5.74) is 2.86. The van der Waals surface area contributed by atoms with Crippen LogP contribution in [0.4, 0.5) is 5.69 Å². The Kier molecular flexibility index (Phi) is 6.49. The zero-order valence-corrected chi connectivity index (χ0v) is 18.0. The lowest BCUT2D eigenvalue weighted by Crippen LogP contribution is -2.46. The second-order valence-corrected chi connectivity index (χ2v) is 10.0. The van der Waals surface area contributed by atoms with Crippen molar-refractivity contribution in [1.29, 1.82) is 0 Å². The maximum absolute atomic E-state index is 13.4. The van der Waals surface area contributed by atoms with Crippen LogP contribution >= 0.6 is 0 Å². The molecule has 0 unspecified atom stereocenters. The molecule has 3 aromatic rings. The number of benzene rings is 3. The van der Waals surface area contributed by atoms with Crippen molar-refractivity contribution in [2.75, 3.05) is 23.0 Å². The van der Waals surface area contributed by atoms with Crippen LogP contribution in [-0.2, 0) is 14.6 Å². The number of carbonyl (C=O) groups is 1. The number of hydrogen-bond acceptors (Lipinski definition) is 4. The highest BCUT2D eigenvalue weighted by molar-refractivity contribution is 7.91. The summed E-state index contributed by atoms with van der Waals surface area (Å²) >= 11 is 0. The second kappa shape index (κ2) is 9.45. The molecule has 1 saturated heterocycles. The summed E-state index contributed by atoms with van der Waals surface area (Å²) < 4.78 is 24.2. The number of amides is 1. The molecule has 1 amide bonds. The fourth-order valence-electron chi connectivity index (χ4n) is 4.12. The van der Waals surface area contributed by atoms with E-state index < -0.39 is 9.84 Å². The molecule has 0 spiro atoms. The van der Waals surface area contributed by atoms with Gasteiger partial charge in [0.2, 0.25) is 5.91 Å². The Labute approximate surface area is 183 Å². The number of rotatable bonds is 7. The van der Waals surface area contributed by atoms with Gasteiger partial charge in [-0.3, -0.25) is 10.1 Å². The molecule has 31 heavy (non-hydrogen) atoms. The summed E-state index contributed by atoms with van der Waals surface area (Å²) in [4.78, 5) is 15.0. The van der Waals surface area contributed by atoms with E-state index in [1.807, 2.05) is 91.0 Å². The van der Waals surface area contributed by atoms with Crippen molar-refractivity contribution in [2.45, 2.75) is 18.5 Å². The predicted octanol–water partition coefficient (Wildman–Crippen LogP) is 3.59. The molecule has 0 saturated carbocycles. The van der Waals surface area contributed by atoms with E-state index in [1.165, 1.54) is 0 Å². The number of nitrogens with zero attached hydrogens (tertiary/aromatic N) is 1. The Bertz CT molecular complexity index is 1060. The zero-order chi connectivity index (χ0) is 21.7. The van der Waals surface area contributed by atoms with Crippen molar-refractivity contribution in [3.8, 4) is 0 Å². The molecule has 1 fully saturated rings. The van der Waals surface area contributed by atoms with Gasteiger partial charge in [0.05, 0.1) is 30.1 Å². The van der Waals surface area contributed by atoms with Crippen LogP contribution in [0.25, 0.3) is 0 Å². The van der Waals surface area contributed by atoms with Gasteiger partial charge < -0.3 is 4.90 Å². The molecule has 1 heterocycles. The molecule has 3 aromatic carbocycles. The maximum Gasteiger partial charge on any atom is 0.241 e. The molecule has 1 N–H and O–H groups in total. The van der Waals surface area contributed by atoms with Crippen LogP contribution in [0.5, 0.6) is 0 Å². The summed E-state index contributed by atoms with van der Waals surface area (Å²) in [6.07, 6.45) is 0.462. The molecule has 1 aliphatic rings. The molecule has 0 aromatic heterocycles. The molecular weight excluding hydrogens is 408 g/mol. The van der Waals surface area contributed by atoms with Gasteiger partial charge in [-0.15, -0.1) is 0 Å². The lowest BCUT2D eigenvalue weighted by Gasteiger charge is -2.29. The van der Waals surface area contributed by atoms with Crippen molar-refractivity contribution < 1.29 is 13.2 Å². The molecule has 1 aliphatic heterocycles. The van der Waals surface area contributed by atoms with E-state index in [9.17, 15) is 13.2 Å². The average molecular weight is 435 g/mol. The van der Waals surface area contributed by atoms with Crippen LogP contribution < -0.4 is 10.2 Å². The van der Waals surface area contributed by atoms with Gasteiger partial charge in [-0.2, -0.15) is 0 Å². The molecule has 0 bridgehead atoms. The third-order valence-corrected chi connectivity index (χ3v) is 7.35. The van der Waals surface area contributed by atoms with Crippen molar-refractivity contribution in [3.05, 3.63) is 102 Å². The smallest absolute Gasteiger partial charge is 0.241 e. The van der Waals surface area contributed by atoms with E-state index >= 15 is 0 Å². The van der Waals surface area contributed by atoms with Crippen LogP contribution in [0.3, 0.4) is 0 Å². The lowest BCUT2D eigenvalue weighted by molar-refractivity contribution is -0.118. The van der Waals surface area contributed by atoms with Crippen molar-refractivity contribution in [1.82, 2.24) is 5.32 Å². The van der Waals surface area contributed by atoms with Gasteiger partial charge >= 0.3 is 0 Å².